The molecule has 0 aliphatic rings. The molecular formula is C12H14N2O4. The molecule has 6 heteroatoms. The summed E-state index contributed by atoms with van der Waals surface area (Å²) >= 11 is 0. The molecule has 0 saturated carbocycles. The second-order valence-corrected chi connectivity index (χ2v) is 3.89. The molecule has 1 N–H and O–H groups in total. The lowest BCUT2D eigenvalue weighted by molar-refractivity contribution is -0.384. The van der Waals surface area contributed by atoms with Gasteiger partial charge in [0.2, 0.25) is 0 Å². The van der Waals surface area contributed by atoms with E-state index in [0.29, 0.717) is 25.2 Å². The van der Waals surface area contributed by atoms with Gasteiger partial charge in [-0.25, -0.2) is 0 Å². The molecule has 0 radical (unpaired) electrons. The Morgan fingerprint density at radius 3 is 2.89 bits per heavy atom. The fraction of sp³-hybridized carbons (Fsp3) is 0.417. The molecule has 0 aliphatic carbocycles. The summed E-state index contributed by atoms with van der Waals surface area (Å²) in [5.74, 6) is 0.327. The van der Waals surface area contributed by atoms with Gasteiger partial charge in [-0.1, -0.05) is 0 Å². The Kier molecular flexibility index (Phi) is 5.08. The van der Waals surface area contributed by atoms with Gasteiger partial charge in [-0.05, 0) is 25.8 Å². The van der Waals surface area contributed by atoms with Gasteiger partial charge in [0, 0.05) is 12.1 Å². The highest BCUT2D eigenvalue weighted by molar-refractivity contribution is 5.50. The van der Waals surface area contributed by atoms with Gasteiger partial charge < -0.3 is 9.84 Å². The van der Waals surface area contributed by atoms with Crippen molar-refractivity contribution >= 4 is 5.69 Å². The molecule has 0 fully saturated rings. The van der Waals surface area contributed by atoms with E-state index in [0.717, 1.165) is 0 Å². The molecule has 1 aromatic rings. The Morgan fingerprint density at radius 2 is 2.33 bits per heavy atom. The van der Waals surface area contributed by atoms with Crippen molar-refractivity contribution in [2.24, 2.45) is 0 Å². The van der Waals surface area contributed by atoms with Gasteiger partial charge in [-0.15, -0.1) is 0 Å². The van der Waals surface area contributed by atoms with Crippen molar-refractivity contribution in [1.29, 1.82) is 5.26 Å². The average Bonchev–Trinajstić information content (AvgIpc) is 2.34. The largest absolute Gasteiger partial charge is 0.492 e. The highest BCUT2D eigenvalue weighted by Gasteiger charge is 2.11. The molecule has 0 bridgehead atoms. The zero-order chi connectivity index (χ0) is 13.5. The number of non-ortho nitro benzene ring substituents is 1. The lowest BCUT2D eigenvalue weighted by Gasteiger charge is -2.08. The number of nitriles is 1. The van der Waals surface area contributed by atoms with E-state index in [4.69, 9.17) is 15.1 Å². The van der Waals surface area contributed by atoms with Crippen molar-refractivity contribution in [3.8, 4) is 11.8 Å². The Hall–Kier alpha value is -2.13. The molecule has 18 heavy (non-hydrogen) atoms. The smallest absolute Gasteiger partial charge is 0.271 e. The Morgan fingerprint density at radius 1 is 1.61 bits per heavy atom. The van der Waals surface area contributed by atoms with Crippen molar-refractivity contribution < 1.29 is 14.8 Å². The Bertz CT molecular complexity index is 466. The van der Waals surface area contributed by atoms with Crippen LogP contribution in [0.2, 0.25) is 0 Å². The van der Waals surface area contributed by atoms with Gasteiger partial charge in [0.1, 0.15) is 17.4 Å². The van der Waals surface area contributed by atoms with Gasteiger partial charge in [-0.3, -0.25) is 10.1 Å². The molecule has 0 saturated heterocycles. The van der Waals surface area contributed by atoms with Crippen LogP contribution in [-0.2, 0) is 0 Å². The highest BCUT2D eigenvalue weighted by Crippen LogP contribution is 2.23. The molecule has 0 aliphatic heterocycles. The number of hydrogen-bond acceptors (Lipinski definition) is 5. The molecule has 1 rings (SSSR count). The first kappa shape index (κ1) is 13.9. The minimum absolute atomic E-state index is 0.136. The van der Waals surface area contributed by atoms with E-state index in [9.17, 15) is 10.1 Å². The third-order valence-electron chi connectivity index (χ3n) is 2.32. The molecule has 0 aromatic heterocycles. The number of nitrogens with zero attached hydrogens (tertiary/aromatic N) is 2. The summed E-state index contributed by atoms with van der Waals surface area (Å²) in [7, 11) is 0. The van der Waals surface area contributed by atoms with Crippen LogP contribution in [0, 0.1) is 21.4 Å². The Labute approximate surface area is 105 Å². The van der Waals surface area contributed by atoms with E-state index >= 15 is 0 Å². The molecule has 0 spiro atoms. The van der Waals surface area contributed by atoms with E-state index in [1.165, 1.54) is 18.2 Å². The van der Waals surface area contributed by atoms with Gasteiger partial charge in [0.15, 0.2) is 0 Å². The zero-order valence-corrected chi connectivity index (χ0v) is 10.00. The van der Waals surface area contributed by atoms with Crippen LogP contribution in [0.3, 0.4) is 0 Å². The third-order valence-corrected chi connectivity index (χ3v) is 2.32. The summed E-state index contributed by atoms with van der Waals surface area (Å²) in [5, 5.41) is 28.5. The number of nitro benzene ring substituents is 1. The monoisotopic (exact) mass is 250 g/mol. The second kappa shape index (κ2) is 6.57. The van der Waals surface area contributed by atoms with Crippen LogP contribution in [0.25, 0.3) is 0 Å². The lowest BCUT2D eigenvalue weighted by Crippen LogP contribution is -2.05. The van der Waals surface area contributed by atoms with Crippen LogP contribution in [0.15, 0.2) is 18.2 Å². The SMILES string of the molecule is CC(O)CCCOc1ccc([N+](=O)[O-])cc1C#N. The van der Waals surface area contributed by atoms with Gasteiger partial charge in [0.05, 0.1) is 17.6 Å². The maximum absolute atomic E-state index is 10.5. The van der Waals surface area contributed by atoms with Crippen molar-refractivity contribution in [2.45, 2.75) is 25.9 Å². The minimum atomic E-state index is -0.557. The molecule has 1 unspecified atom stereocenters. The van der Waals surface area contributed by atoms with Crippen LogP contribution in [0.1, 0.15) is 25.3 Å². The fourth-order valence-corrected chi connectivity index (χ4v) is 1.41. The highest BCUT2D eigenvalue weighted by atomic mass is 16.6. The summed E-state index contributed by atoms with van der Waals surface area (Å²) in [4.78, 5) is 9.99. The first-order valence-corrected chi connectivity index (χ1v) is 5.54. The van der Waals surface area contributed by atoms with Crippen molar-refractivity contribution in [3.05, 3.63) is 33.9 Å². The maximum Gasteiger partial charge on any atom is 0.271 e. The van der Waals surface area contributed by atoms with Gasteiger partial charge in [-0.2, -0.15) is 5.26 Å². The molecule has 0 heterocycles. The average molecular weight is 250 g/mol. The van der Waals surface area contributed by atoms with Crippen molar-refractivity contribution in [3.63, 3.8) is 0 Å². The molecule has 1 atom stereocenters. The summed E-state index contributed by atoms with van der Waals surface area (Å²) in [6.07, 6.45) is 0.870. The predicted octanol–water partition coefficient (Wildman–Crippen LogP) is 2.01. The predicted molar refractivity (Wildman–Crippen MR) is 64.2 cm³/mol. The lowest BCUT2D eigenvalue weighted by atomic mass is 10.2. The molecule has 6 nitrogen and oxygen atoms in total. The van der Waals surface area contributed by atoms with E-state index in [1.54, 1.807) is 6.92 Å². The second-order valence-electron chi connectivity index (χ2n) is 3.89. The van der Waals surface area contributed by atoms with E-state index < -0.39 is 4.92 Å². The molecule has 96 valence electrons. The summed E-state index contributed by atoms with van der Waals surface area (Å²) < 4.78 is 5.36. The Balaban J connectivity index is 2.66. The van der Waals surface area contributed by atoms with Crippen LogP contribution >= 0.6 is 0 Å². The van der Waals surface area contributed by atoms with E-state index in [-0.39, 0.29) is 17.4 Å². The standard InChI is InChI=1S/C12H14N2O4/c1-9(15)3-2-6-18-12-5-4-11(14(16)17)7-10(12)8-13/h4-5,7,9,15H,2-3,6H2,1H3. The maximum atomic E-state index is 10.5. The number of nitro groups is 1. The van der Waals surface area contributed by atoms with E-state index in [2.05, 4.69) is 0 Å². The summed E-state index contributed by atoms with van der Waals surface area (Å²) in [6.45, 7) is 2.05. The van der Waals surface area contributed by atoms with Gasteiger partial charge >= 0.3 is 0 Å². The normalized spacial score (nSPS) is 11.6. The first-order chi connectivity index (χ1) is 8.54. The van der Waals surface area contributed by atoms with E-state index in [1.807, 2.05) is 6.07 Å². The number of ether oxygens (including phenoxy) is 1. The molecule has 1 aromatic carbocycles. The van der Waals surface area contributed by atoms with Crippen LogP contribution in [0.5, 0.6) is 5.75 Å². The minimum Gasteiger partial charge on any atom is -0.492 e. The zero-order valence-electron chi connectivity index (χ0n) is 10.00. The van der Waals surface area contributed by atoms with Crippen molar-refractivity contribution in [2.75, 3.05) is 6.61 Å². The first-order valence-electron chi connectivity index (χ1n) is 5.54. The number of aliphatic hydroxyl groups is 1. The number of rotatable bonds is 6. The summed E-state index contributed by atoms with van der Waals surface area (Å²) in [6, 6.07) is 5.76. The quantitative estimate of drug-likeness (QED) is 0.473. The van der Waals surface area contributed by atoms with Crippen LogP contribution in [0.4, 0.5) is 5.69 Å². The number of benzene rings is 1. The van der Waals surface area contributed by atoms with Crippen LogP contribution < -0.4 is 4.74 Å². The number of aliphatic hydroxyl groups excluding tert-OH is 1. The summed E-state index contributed by atoms with van der Waals surface area (Å²) in [5.41, 5.74) is 0.00382. The van der Waals surface area contributed by atoms with Crippen LogP contribution in [-0.4, -0.2) is 22.7 Å². The third kappa shape index (κ3) is 4.03. The number of hydrogen-bond donors (Lipinski definition) is 1. The topological polar surface area (TPSA) is 96.4 Å². The molecular weight excluding hydrogens is 236 g/mol. The van der Waals surface area contributed by atoms with Crippen molar-refractivity contribution in [1.82, 2.24) is 0 Å². The van der Waals surface area contributed by atoms with Gasteiger partial charge in [0.25, 0.3) is 5.69 Å². The fourth-order valence-electron chi connectivity index (χ4n) is 1.41. The molecule has 0 amide bonds.